The average molecular weight is 642 g/mol. The molecule has 236 valence electrons. The molecule has 10 rings (SSSR count). The number of hydrogen-bond donors (Lipinski definition) is 0. The first kappa shape index (κ1) is 28.6. The van der Waals surface area contributed by atoms with E-state index in [1.807, 2.05) is 18.2 Å². The Bertz CT molecular complexity index is 2780. The summed E-state index contributed by atoms with van der Waals surface area (Å²) in [6.07, 6.45) is 0. The maximum atomic E-state index is 6.37. The maximum absolute atomic E-state index is 6.37. The lowest BCUT2D eigenvalue weighted by molar-refractivity contribution is 0.660. The average Bonchev–Trinajstić information content (AvgIpc) is 3.65. The Morgan fingerprint density at radius 2 is 1.02 bits per heavy atom. The molecule has 0 bridgehead atoms. The van der Waals surface area contributed by atoms with E-state index in [1.165, 1.54) is 33.0 Å². The van der Waals surface area contributed by atoms with Crippen LogP contribution in [0.2, 0.25) is 0 Å². The van der Waals surface area contributed by atoms with Crippen LogP contribution in [0, 0.1) is 0 Å². The van der Waals surface area contributed by atoms with Gasteiger partial charge in [-0.05, 0) is 62.4 Å². The summed E-state index contributed by atoms with van der Waals surface area (Å²) in [6, 6.07) is 53.0. The first-order valence-corrected chi connectivity index (χ1v) is 17.0. The van der Waals surface area contributed by atoms with Gasteiger partial charge in [-0.25, -0.2) is 15.0 Å². The van der Waals surface area contributed by atoms with Crippen molar-refractivity contribution in [3.63, 3.8) is 0 Å². The van der Waals surface area contributed by atoms with E-state index < -0.39 is 0 Å². The van der Waals surface area contributed by atoms with E-state index in [2.05, 4.69) is 147 Å². The van der Waals surface area contributed by atoms with E-state index >= 15 is 0 Å². The molecular weight excluding hydrogens is 611 g/mol. The van der Waals surface area contributed by atoms with Crippen LogP contribution in [0.3, 0.4) is 0 Å². The summed E-state index contributed by atoms with van der Waals surface area (Å²) in [7, 11) is 0. The molecule has 0 saturated heterocycles. The molecule has 0 atom stereocenters. The SMILES string of the molecule is CC1(C)c2ccccc2-c2c(-c3nc(-c4ccccc4)nc(-c4ccc(-c5cccc6oc7cc8ccccc8cc7c56)cc4)n3)cccc21. The van der Waals surface area contributed by atoms with Crippen molar-refractivity contribution in [3.05, 3.63) is 163 Å². The van der Waals surface area contributed by atoms with Crippen molar-refractivity contribution in [2.45, 2.75) is 19.3 Å². The first-order valence-electron chi connectivity index (χ1n) is 17.0. The van der Waals surface area contributed by atoms with Gasteiger partial charge in [-0.15, -0.1) is 0 Å². The molecule has 1 aliphatic rings. The number of benzene rings is 7. The lowest BCUT2D eigenvalue weighted by Crippen LogP contribution is -2.14. The van der Waals surface area contributed by atoms with Crippen molar-refractivity contribution in [1.82, 2.24) is 15.0 Å². The van der Waals surface area contributed by atoms with Crippen LogP contribution in [0.1, 0.15) is 25.0 Å². The van der Waals surface area contributed by atoms with Crippen molar-refractivity contribution < 1.29 is 4.42 Å². The molecule has 0 unspecified atom stereocenters. The Labute approximate surface area is 289 Å². The number of nitrogens with zero attached hydrogens (tertiary/aromatic N) is 3. The summed E-state index contributed by atoms with van der Waals surface area (Å²) in [6.45, 7) is 4.60. The zero-order chi connectivity index (χ0) is 33.4. The minimum absolute atomic E-state index is 0.119. The monoisotopic (exact) mass is 641 g/mol. The minimum Gasteiger partial charge on any atom is -0.456 e. The van der Waals surface area contributed by atoms with Crippen molar-refractivity contribution in [3.8, 4) is 56.4 Å². The molecule has 9 aromatic rings. The molecule has 0 amide bonds. The van der Waals surface area contributed by atoms with Crippen LogP contribution >= 0.6 is 0 Å². The second kappa shape index (κ2) is 10.8. The van der Waals surface area contributed by atoms with Crippen molar-refractivity contribution in [2.24, 2.45) is 0 Å². The van der Waals surface area contributed by atoms with E-state index in [9.17, 15) is 0 Å². The molecule has 1 aliphatic carbocycles. The highest BCUT2D eigenvalue weighted by atomic mass is 16.3. The highest BCUT2D eigenvalue weighted by Crippen LogP contribution is 2.51. The third-order valence-electron chi connectivity index (χ3n) is 10.3. The van der Waals surface area contributed by atoms with Gasteiger partial charge in [0.2, 0.25) is 0 Å². The molecule has 0 spiro atoms. The Morgan fingerprint density at radius 1 is 0.440 bits per heavy atom. The third-order valence-corrected chi connectivity index (χ3v) is 10.3. The zero-order valence-corrected chi connectivity index (χ0v) is 27.7. The lowest BCUT2D eigenvalue weighted by Gasteiger charge is -2.21. The normalized spacial score (nSPS) is 13.2. The highest BCUT2D eigenvalue weighted by Gasteiger charge is 2.37. The van der Waals surface area contributed by atoms with Crippen molar-refractivity contribution >= 4 is 32.7 Å². The van der Waals surface area contributed by atoms with E-state index in [0.29, 0.717) is 17.5 Å². The molecular formula is C46H31N3O. The van der Waals surface area contributed by atoms with E-state index in [1.54, 1.807) is 0 Å². The summed E-state index contributed by atoms with van der Waals surface area (Å²) in [4.78, 5) is 15.3. The molecule has 0 saturated carbocycles. The van der Waals surface area contributed by atoms with Crippen LogP contribution in [-0.2, 0) is 5.41 Å². The predicted octanol–water partition coefficient (Wildman–Crippen LogP) is 11.9. The van der Waals surface area contributed by atoms with Gasteiger partial charge in [0, 0.05) is 32.9 Å². The van der Waals surface area contributed by atoms with Crippen LogP contribution in [0.15, 0.2) is 156 Å². The van der Waals surface area contributed by atoms with Crippen LogP contribution in [0.4, 0.5) is 0 Å². The number of aromatic nitrogens is 3. The van der Waals surface area contributed by atoms with Gasteiger partial charge in [0.05, 0.1) is 0 Å². The van der Waals surface area contributed by atoms with E-state index in [4.69, 9.17) is 19.4 Å². The fourth-order valence-electron chi connectivity index (χ4n) is 7.83. The van der Waals surface area contributed by atoms with Crippen molar-refractivity contribution in [2.75, 3.05) is 0 Å². The Balaban J connectivity index is 1.12. The third kappa shape index (κ3) is 4.35. The minimum atomic E-state index is -0.119. The second-order valence-electron chi connectivity index (χ2n) is 13.6. The Morgan fingerprint density at radius 3 is 1.82 bits per heavy atom. The van der Waals surface area contributed by atoms with Gasteiger partial charge in [-0.2, -0.15) is 0 Å². The fourth-order valence-corrected chi connectivity index (χ4v) is 7.83. The summed E-state index contributed by atoms with van der Waals surface area (Å²) in [5, 5.41) is 4.61. The molecule has 0 radical (unpaired) electrons. The van der Waals surface area contributed by atoms with Gasteiger partial charge in [-0.3, -0.25) is 0 Å². The van der Waals surface area contributed by atoms with Crippen molar-refractivity contribution in [1.29, 1.82) is 0 Å². The maximum Gasteiger partial charge on any atom is 0.164 e. The first-order chi connectivity index (χ1) is 24.5. The topological polar surface area (TPSA) is 51.8 Å². The molecule has 0 fully saturated rings. The number of fused-ring (bicyclic) bond motifs is 7. The van der Waals surface area contributed by atoms with Crippen LogP contribution in [0.25, 0.3) is 89.1 Å². The Hall–Kier alpha value is -6.39. The molecule has 4 nitrogen and oxygen atoms in total. The van der Waals surface area contributed by atoms with Crippen LogP contribution in [0.5, 0.6) is 0 Å². The number of rotatable bonds is 4. The van der Waals surface area contributed by atoms with Gasteiger partial charge in [-0.1, -0.05) is 147 Å². The quantitative estimate of drug-likeness (QED) is 0.192. The van der Waals surface area contributed by atoms with E-state index in [-0.39, 0.29) is 5.41 Å². The number of hydrogen-bond acceptors (Lipinski definition) is 4. The van der Waals surface area contributed by atoms with Gasteiger partial charge in [0.25, 0.3) is 0 Å². The van der Waals surface area contributed by atoms with Gasteiger partial charge in [0.15, 0.2) is 17.5 Å². The lowest BCUT2D eigenvalue weighted by atomic mass is 9.82. The highest BCUT2D eigenvalue weighted by molar-refractivity contribution is 6.15. The second-order valence-corrected chi connectivity index (χ2v) is 13.6. The standard InChI is InChI=1S/C46H31N3O/c1-46(2)37-19-9-8-16-34(37)41-35(18-10-20-38(41)46)45-48-43(29-12-4-3-5-13-29)47-44(49-45)30-24-22-28(23-25-30)33-17-11-21-39-42(33)36-26-31-14-6-7-15-32(31)27-40(36)50-39/h3-27H,1-2H3. The predicted molar refractivity (Wildman–Crippen MR) is 204 cm³/mol. The summed E-state index contributed by atoms with van der Waals surface area (Å²) >= 11 is 0. The van der Waals surface area contributed by atoms with Crippen LogP contribution in [-0.4, -0.2) is 15.0 Å². The fraction of sp³-hybridized carbons (Fsp3) is 0.0652. The summed E-state index contributed by atoms with van der Waals surface area (Å²) in [5.41, 5.74) is 11.8. The molecule has 2 aromatic heterocycles. The van der Waals surface area contributed by atoms with Crippen LogP contribution < -0.4 is 0 Å². The summed E-state index contributed by atoms with van der Waals surface area (Å²) in [5.74, 6) is 1.96. The zero-order valence-electron chi connectivity index (χ0n) is 27.7. The molecule has 0 N–H and O–H groups in total. The summed E-state index contributed by atoms with van der Waals surface area (Å²) < 4.78 is 6.37. The van der Waals surface area contributed by atoms with Gasteiger partial charge < -0.3 is 4.42 Å². The molecule has 4 heteroatoms. The molecule has 7 aromatic carbocycles. The van der Waals surface area contributed by atoms with Gasteiger partial charge in [0.1, 0.15) is 11.2 Å². The molecule has 50 heavy (non-hydrogen) atoms. The number of furan rings is 1. The van der Waals surface area contributed by atoms with Gasteiger partial charge >= 0.3 is 0 Å². The molecule has 0 aliphatic heterocycles. The largest absolute Gasteiger partial charge is 0.456 e. The molecule has 2 heterocycles. The van der Waals surface area contributed by atoms with E-state index in [0.717, 1.165) is 49.8 Å². The smallest absolute Gasteiger partial charge is 0.164 e. The Kier molecular flexibility index (Phi) is 6.19.